The molecule has 21 heavy (non-hydrogen) atoms. The number of nitrogens with one attached hydrogen (secondary N) is 1. The maximum absolute atomic E-state index is 11.6. The number of nitriles is 1. The number of aromatic nitrogens is 2. The van der Waals surface area contributed by atoms with Crippen LogP contribution in [-0.2, 0) is 4.79 Å². The highest BCUT2D eigenvalue weighted by atomic mass is 16.2. The maximum atomic E-state index is 11.6. The van der Waals surface area contributed by atoms with E-state index in [0.717, 1.165) is 38.4 Å². The van der Waals surface area contributed by atoms with Gasteiger partial charge in [-0.1, -0.05) is 0 Å². The number of nitrogens with zero attached hydrogens (tertiary/aromatic N) is 5. The Balaban J connectivity index is 1.91. The monoisotopic (exact) mass is 288 g/mol. The molecule has 0 aliphatic carbocycles. The molecule has 1 aromatic heterocycles. The normalized spacial score (nSPS) is 16.1. The third kappa shape index (κ3) is 4.39. The summed E-state index contributed by atoms with van der Waals surface area (Å²) in [5, 5.41) is 19.5. The van der Waals surface area contributed by atoms with Crippen LogP contribution < -0.4 is 10.2 Å². The highest BCUT2D eigenvalue weighted by molar-refractivity contribution is 5.77. The molecule has 1 amide bonds. The second-order valence-corrected chi connectivity index (χ2v) is 4.96. The molecule has 112 valence electrons. The first kappa shape index (κ1) is 15.2. The van der Waals surface area contributed by atoms with Crippen molar-refractivity contribution in [1.82, 2.24) is 20.4 Å². The van der Waals surface area contributed by atoms with Crippen molar-refractivity contribution in [2.75, 3.05) is 44.2 Å². The van der Waals surface area contributed by atoms with Crippen molar-refractivity contribution in [3.8, 4) is 6.07 Å². The molecule has 2 heterocycles. The van der Waals surface area contributed by atoms with E-state index < -0.39 is 0 Å². The Labute approximate surface area is 124 Å². The zero-order chi connectivity index (χ0) is 15.1. The van der Waals surface area contributed by atoms with E-state index >= 15 is 0 Å². The molecule has 0 radical (unpaired) electrons. The molecule has 0 saturated carbocycles. The minimum absolute atomic E-state index is 0.0733. The highest BCUT2D eigenvalue weighted by Crippen LogP contribution is 2.12. The van der Waals surface area contributed by atoms with Crippen LogP contribution in [0.3, 0.4) is 0 Å². The molecule has 0 bridgehead atoms. The van der Waals surface area contributed by atoms with E-state index in [1.165, 1.54) is 0 Å². The maximum Gasteiger partial charge on any atom is 0.234 e. The highest BCUT2D eigenvalue weighted by Gasteiger charge is 2.18. The van der Waals surface area contributed by atoms with Gasteiger partial charge in [-0.05, 0) is 25.5 Å². The molecule has 7 nitrogen and oxygen atoms in total. The number of carbonyl (C=O) groups excluding carboxylic acids is 1. The van der Waals surface area contributed by atoms with Gasteiger partial charge >= 0.3 is 0 Å². The SMILES string of the molecule is CCNC(=O)CN1CCCN(c2ccc(C#N)nn2)CC1. The van der Waals surface area contributed by atoms with Gasteiger partial charge in [0, 0.05) is 32.7 Å². The Morgan fingerprint density at radius 1 is 1.33 bits per heavy atom. The van der Waals surface area contributed by atoms with E-state index in [0.29, 0.717) is 18.8 Å². The Morgan fingerprint density at radius 2 is 2.19 bits per heavy atom. The van der Waals surface area contributed by atoms with Crippen LogP contribution in [0.1, 0.15) is 19.0 Å². The van der Waals surface area contributed by atoms with Gasteiger partial charge in [-0.25, -0.2) is 0 Å². The van der Waals surface area contributed by atoms with Gasteiger partial charge in [0.2, 0.25) is 5.91 Å². The molecular formula is C14H20N6O. The first-order valence-corrected chi connectivity index (χ1v) is 7.20. The summed E-state index contributed by atoms with van der Waals surface area (Å²) in [6.45, 7) is 6.44. The van der Waals surface area contributed by atoms with Gasteiger partial charge in [0.15, 0.2) is 11.5 Å². The number of anilines is 1. The van der Waals surface area contributed by atoms with Crippen LogP contribution in [0.2, 0.25) is 0 Å². The van der Waals surface area contributed by atoms with Crippen molar-refractivity contribution < 1.29 is 4.79 Å². The smallest absolute Gasteiger partial charge is 0.234 e. The third-order valence-electron chi connectivity index (χ3n) is 3.42. The largest absolute Gasteiger partial charge is 0.355 e. The van der Waals surface area contributed by atoms with Crippen LogP contribution >= 0.6 is 0 Å². The van der Waals surface area contributed by atoms with Crippen LogP contribution in [0.25, 0.3) is 0 Å². The fraction of sp³-hybridized carbons (Fsp3) is 0.571. The summed E-state index contributed by atoms with van der Waals surface area (Å²) in [7, 11) is 0. The molecule has 1 aliphatic heterocycles. The van der Waals surface area contributed by atoms with Gasteiger partial charge in [0.05, 0.1) is 6.54 Å². The molecule has 0 aromatic carbocycles. The van der Waals surface area contributed by atoms with Crippen molar-refractivity contribution in [3.05, 3.63) is 17.8 Å². The van der Waals surface area contributed by atoms with Crippen molar-refractivity contribution in [2.24, 2.45) is 0 Å². The van der Waals surface area contributed by atoms with Crippen molar-refractivity contribution in [2.45, 2.75) is 13.3 Å². The first-order valence-electron chi connectivity index (χ1n) is 7.20. The molecule has 2 rings (SSSR count). The summed E-state index contributed by atoms with van der Waals surface area (Å²) in [4.78, 5) is 15.9. The van der Waals surface area contributed by atoms with Crippen LogP contribution in [0.4, 0.5) is 5.82 Å². The van der Waals surface area contributed by atoms with Crippen LogP contribution in [0, 0.1) is 11.3 Å². The number of likely N-dealkylation sites (N-methyl/N-ethyl adjacent to an activating group) is 1. The van der Waals surface area contributed by atoms with Crippen LogP contribution in [0.5, 0.6) is 0 Å². The summed E-state index contributed by atoms with van der Waals surface area (Å²) in [6.07, 6.45) is 0.973. The molecule has 0 atom stereocenters. The predicted molar refractivity (Wildman–Crippen MR) is 78.7 cm³/mol. The van der Waals surface area contributed by atoms with Crippen molar-refractivity contribution >= 4 is 11.7 Å². The van der Waals surface area contributed by atoms with Gasteiger partial charge in [0.25, 0.3) is 0 Å². The van der Waals surface area contributed by atoms with Crippen molar-refractivity contribution in [1.29, 1.82) is 5.26 Å². The fourth-order valence-corrected chi connectivity index (χ4v) is 2.37. The number of hydrogen-bond donors (Lipinski definition) is 1. The standard InChI is InChI=1S/C14H20N6O/c1-2-16-14(21)11-19-6-3-7-20(9-8-19)13-5-4-12(10-15)17-18-13/h4-5H,2-3,6-9,11H2,1H3,(H,16,21). The average molecular weight is 288 g/mol. The predicted octanol–water partition coefficient (Wildman–Crippen LogP) is -0.00352. The first-order chi connectivity index (χ1) is 10.2. The molecule has 1 N–H and O–H groups in total. The minimum Gasteiger partial charge on any atom is -0.355 e. The quantitative estimate of drug-likeness (QED) is 0.839. The number of amides is 1. The zero-order valence-corrected chi connectivity index (χ0v) is 12.2. The molecular weight excluding hydrogens is 268 g/mol. The lowest BCUT2D eigenvalue weighted by Gasteiger charge is -2.21. The van der Waals surface area contributed by atoms with E-state index in [4.69, 9.17) is 5.26 Å². The van der Waals surface area contributed by atoms with E-state index in [1.54, 1.807) is 6.07 Å². The van der Waals surface area contributed by atoms with Gasteiger partial charge in [-0.3, -0.25) is 9.69 Å². The minimum atomic E-state index is 0.0733. The molecule has 1 aromatic rings. The lowest BCUT2D eigenvalue weighted by molar-refractivity contribution is -0.122. The summed E-state index contributed by atoms with van der Waals surface area (Å²) in [5.41, 5.74) is 0.325. The molecule has 1 saturated heterocycles. The molecule has 1 fully saturated rings. The van der Waals surface area contributed by atoms with Crippen LogP contribution in [-0.4, -0.2) is 60.3 Å². The van der Waals surface area contributed by atoms with E-state index in [1.807, 2.05) is 19.1 Å². The van der Waals surface area contributed by atoms with Crippen molar-refractivity contribution in [3.63, 3.8) is 0 Å². The number of hydrogen-bond acceptors (Lipinski definition) is 6. The summed E-state index contributed by atoms with van der Waals surface area (Å²) >= 11 is 0. The second-order valence-electron chi connectivity index (χ2n) is 4.96. The van der Waals surface area contributed by atoms with Gasteiger partial charge in [0.1, 0.15) is 6.07 Å². The molecule has 1 aliphatic rings. The van der Waals surface area contributed by atoms with Gasteiger partial charge < -0.3 is 10.2 Å². The van der Waals surface area contributed by atoms with E-state index in [-0.39, 0.29) is 5.91 Å². The Morgan fingerprint density at radius 3 is 2.86 bits per heavy atom. The second kappa shape index (κ2) is 7.55. The molecule has 0 spiro atoms. The number of carbonyl (C=O) groups is 1. The molecule has 0 unspecified atom stereocenters. The van der Waals surface area contributed by atoms with E-state index in [9.17, 15) is 4.79 Å². The molecule has 7 heteroatoms. The summed E-state index contributed by atoms with van der Waals surface area (Å²) < 4.78 is 0. The Bertz CT molecular complexity index is 509. The van der Waals surface area contributed by atoms with Gasteiger partial charge in [-0.2, -0.15) is 5.26 Å². The zero-order valence-electron chi connectivity index (χ0n) is 12.2. The van der Waals surface area contributed by atoms with Gasteiger partial charge in [-0.15, -0.1) is 10.2 Å². The lowest BCUT2D eigenvalue weighted by atomic mass is 10.3. The fourth-order valence-electron chi connectivity index (χ4n) is 2.37. The summed E-state index contributed by atoms with van der Waals surface area (Å²) in [5.74, 6) is 0.859. The number of rotatable bonds is 4. The lowest BCUT2D eigenvalue weighted by Crippen LogP contribution is -2.39. The van der Waals surface area contributed by atoms with Crippen LogP contribution in [0.15, 0.2) is 12.1 Å². The Kier molecular flexibility index (Phi) is 5.46. The third-order valence-corrected chi connectivity index (χ3v) is 3.42. The Hall–Kier alpha value is -2.20. The van der Waals surface area contributed by atoms with E-state index in [2.05, 4.69) is 25.3 Å². The average Bonchev–Trinajstić information content (AvgIpc) is 2.73. The summed E-state index contributed by atoms with van der Waals surface area (Å²) in [6, 6.07) is 5.47. The topological polar surface area (TPSA) is 85.2 Å².